The number of amides is 1. The molecule has 3 rings (SSSR count). The maximum Gasteiger partial charge on any atom is 0.325 e. The third kappa shape index (κ3) is 4.15. The number of thiazole rings is 1. The number of benzene rings is 1. The number of carbonyl (C=O) groups excluding carboxylic acids is 2. The molecule has 1 N–H and O–H groups in total. The Kier molecular flexibility index (Phi) is 5.13. The van der Waals surface area contributed by atoms with Crippen LogP contribution in [-0.2, 0) is 16.1 Å². The molecule has 0 atom stereocenters. The molecule has 1 aromatic carbocycles. The van der Waals surface area contributed by atoms with E-state index in [0.29, 0.717) is 16.2 Å². The molecular weight excluding hydrogens is 354 g/mol. The van der Waals surface area contributed by atoms with Crippen LogP contribution in [0, 0.1) is 13.8 Å². The van der Waals surface area contributed by atoms with Crippen LogP contribution in [-0.4, -0.2) is 27.8 Å². The van der Waals surface area contributed by atoms with E-state index >= 15 is 0 Å². The number of rotatable bonds is 5. The van der Waals surface area contributed by atoms with Crippen LogP contribution in [0.4, 0.5) is 0 Å². The van der Waals surface area contributed by atoms with Crippen molar-refractivity contribution in [1.82, 2.24) is 14.7 Å². The SMILES string of the molecule is Cc1cc(C)cc(C(=O)NCC(=O)OCc2cc(=O)n3ccsc3n2)c1. The average Bonchev–Trinajstić information content (AvgIpc) is 3.06. The summed E-state index contributed by atoms with van der Waals surface area (Å²) in [7, 11) is 0. The lowest BCUT2D eigenvalue weighted by Gasteiger charge is -2.08. The first-order chi connectivity index (χ1) is 12.4. The van der Waals surface area contributed by atoms with Crippen LogP contribution in [0.3, 0.4) is 0 Å². The summed E-state index contributed by atoms with van der Waals surface area (Å²) in [4.78, 5) is 40.6. The van der Waals surface area contributed by atoms with Gasteiger partial charge in [0.05, 0.1) is 5.69 Å². The van der Waals surface area contributed by atoms with Crippen LogP contribution in [0.25, 0.3) is 4.96 Å². The first kappa shape index (κ1) is 17.8. The second-order valence-corrected chi connectivity index (χ2v) is 6.73. The highest BCUT2D eigenvalue weighted by Gasteiger charge is 2.11. The minimum absolute atomic E-state index is 0.123. The van der Waals surface area contributed by atoms with Gasteiger partial charge in [0.25, 0.3) is 11.5 Å². The van der Waals surface area contributed by atoms with E-state index in [0.717, 1.165) is 11.1 Å². The van der Waals surface area contributed by atoms with Gasteiger partial charge in [-0.05, 0) is 26.0 Å². The van der Waals surface area contributed by atoms with Gasteiger partial charge >= 0.3 is 5.97 Å². The molecule has 0 unspecified atom stereocenters. The molecule has 0 fully saturated rings. The first-order valence-corrected chi connectivity index (χ1v) is 8.78. The van der Waals surface area contributed by atoms with E-state index in [2.05, 4.69) is 10.3 Å². The Morgan fingerprint density at radius 3 is 2.65 bits per heavy atom. The topological polar surface area (TPSA) is 89.8 Å². The number of nitrogens with one attached hydrogen (secondary N) is 1. The van der Waals surface area contributed by atoms with Crippen molar-refractivity contribution in [3.05, 3.63) is 68.6 Å². The fourth-order valence-corrected chi connectivity index (χ4v) is 3.27. The molecule has 0 radical (unpaired) electrons. The molecule has 3 aromatic rings. The highest BCUT2D eigenvalue weighted by atomic mass is 32.1. The summed E-state index contributed by atoms with van der Waals surface area (Å²) in [5.74, 6) is -0.943. The van der Waals surface area contributed by atoms with Crippen molar-refractivity contribution in [2.24, 2.45) is 0 Å². The van der Waals surface area contributed by atoms with E-state index in [9.17, 15) is 14.4 Å². The highest BCUT2D eigenvalue weighted by molar-refractivity contribution is 7.15. The maximum absolute atomic E-state index is 12.1. The molecule has 1 amide bonds. The Morgan fingerprint density at radius 1 is 1.19 bits per heavy atom. The number of hydrogen-bond acceptors (Lipinski definition) is 6. The van der Waals surface area contributed by atoms with E-state index in [1.54, 1.807) is 23.7 Å². The summed E-state index contributed by atoms with van der Waals surface area (Å²) < 4.78 is 6.50. The Labute approximate surface area is 153 Å². The number of esters is 1. The van der Waals surface area contributed by atoms with Gasteiger partial charge in [-0.1, -0.05) is 17.2 Å². The average molecular weight is 371 g/mol. The lowest BCUT2D eigenvalue weighted by molar-refractivity contribution is -0.143. The van der Waals surface area contributed by atoms with E-state index in [1.165, 1.54) is 21.8 Å². The summed E-state index contributed by atoms with van der Waals surface area (Å²) in [6.07, 6.45) is 1.63. The first-order valence-electron chi connectivity index (χ1n) is 7.90. The number of carbonyl (C=O) groups is 2. The molecule has 0 bridgehead atoms. The van der Waals surface area contributed by atoms with Crippen molar-refractivity contribution in [2.75, 3.05) is 6.54 Å². The number of ether oxygens (including phenoxy) is 1. The van der Waals surface area contributed by atoms with Gasteiger partial charge in [-0.25, -0.2) is 4.98 Å². The van der Waals surface area contributed by atoms with Gasteiger partial charge < -0.3 is 10.1 Å². The summed E-state index contributed by atoms with van der Waals surface area (Å²) in [5, 5.41) is 4.28. The van der Waals surface area contributed by atoms with Gasteiger partial charge in [0, 0.05) is 23.2 Å². The molecule has 0 spiro atoms. The van der Waals surface area contributed by atoms with Gasteiger partial charge in [0.15, 0.2) is 4.96 Å². The van der Waals surface area contributed by atoms with Crippen molar-refractivity contribution in [3.8, 4) is 0 Å². The Bertz CT molecular complexity index is 1020. The molecule has 7 nitrogen and oxygen atoms in total. The maximum atomic E-state index is 12.1. The second-order valence-electron chi connectivity index (χ2n) is 5.86. The Morgan fingerprint density at radius 2 is 1.92 bits per heavy atom. The van der Waals surface area contributed by atoms with Crippen LogP contribution in [0.2, 0.25) is 0 Å². The minimum Gasteiger partial charge on any atom is -0.458 e. The quantitative estimate of drug-likeness (QED) is 0.691. The van der Waals surface area contributed by atoms with Gasteiger partial charge in [-0.2, -0.15) is 0 Å². The Hall–Kier alpha value is -3.00. The summed E-state index contributed by atoms with van der Waals surface area (Å²) in [5.41, 5.74) is 2.57. The van der Waals surface area contributed by atoms with Gasteiger partial charge in [0.2, 0.25) is 0 Å². The summed E-state index contributed by atoms with van der Waals surface area (Å²) in [6, 6.07) is 6.79. The van der Waals surface area contributed by atoms with Gasteiger partial charge in [-0.15, -0.1) is 11.3 Å². The smallest absolute Gasteiger partial charge is 0.325 e. The number of aromatic nitrogens is 2. The second kappa shape index (κ2) is 7.49. The molecule has 26 heavy (non-hydrogen) atoms. The molecule has 0 saturated carbocycles. The molecule has 0 aliphatic heterocycles. The lowest BCUT2D eigenvalue weighted by Crippen LogP contribution is -2.30. The van der Waals surface area contributed by atoms with Crippen molar-refractivity contribution in [3.63, 3.8) is 0 Å². The number of hydrogen-bond donors (Lipinski definition) is 1. The van der Waals surface area contributed by atoms with E-state index in [4.69, 9.17) is 4.74 Å². The molecule has 2 aromatic heterocycles. The van der Waals surface area contributed by atoms with Gasteiger partial charge in [-0.3, -0.25) is 18.8 Å². The highest BCUT2D eigenvalue weighted by Crippen LogP contribution is 2.09. The van der Waals surface area contributed by atoms with Crippen LogP contribution >= 0.6 is 11.3 Å². The molecule has 0 aliphatic rings. The van der Waals surface area contributed by atoms with Crippen LogP contribution in [0.1, 0.15) is 27.2 Å². The number of aryl methyl sites for hydroxylation is 2. The molecule has 134 valence electrons. The third-order valence-electron chi connectivity index (χ3n) is 3.61. The van der Waals surface area contributed by atoms with Crippen molar-refractivity contribution in [1.29, 1.82) is 0 Å². The number of fused-ring (bicyclic) bond motifs is 1. The van der Waals surface area contributed by atoms with Crippen molar-refractivity contribution >= 4 is 28.2 Å². The lowest BCUT2D eigenvalue weighted by atomic mass is 10.1. The Balaban J connectivity index is 1.55. The van der Waals surface area contributed by atoms with Crippen LogP contribution < -0.4 is 10.9 Å². The zero-order chi connectivity index (χ0) is 18.7. The van der Waals surface area contributed by atoms with Crippen LogP contribution in [0.5, 0.6) is 0 Å². The fourth-order valence-electron chi connectivity index (χ4n) is 2.53. The van der Waals surface area contributed by atoms with Crippen LogP contribution in [0.15, 0.2) is 40.6 Å². The zero-order valence-corrected chi connectivity index (χ0v) is 15.1. The molecule has 0 saturated heterocycles. The normalized spacial score (nSPS) is 10.7. The third-order valence-corrected chi connectivity index (χ3v) is 4.37. The van der Waals surface area contributed by atoms with E-state index < -0.39 is 5.97 Å². The van der Waals surface area contributed by atoms with E-state index in [1.807, 2.05) is 19.9 Å². The monoisotopic (exact) mass is 371 g/mol. The minimum atomic E-state index is -0.601. The van der Waals surface area contributed by atoms with Crippen molar-refractivity contribution < 1.29 is 14.3 Å². The fraction of sp³-hybridized carbons (Fsp3) is 0.222. The zero-order valence-electron chi connectivity index (χ0n) is 14.3. The summed E-state index contributed by atoms with van der Waals surface area (Å²) >= 11 is 1.32. The molecule has 0 aliphatic carbocycles. The number of nitrogens with zero attached hydrogens (tertiary/aromatic N) is 2. The molecular formula is C18H17N3O4S. The standard InChI is InChI=1S/C18H17N3O4S/c1-11-5-12(2)7-13(6-11)17(24)19-9-16(23)25-10-14-8-15(22)21-3-4-26-18(21)20-14/h3-8H,9-10H2,1-2H3,(H,19,24). The largest absolute Gasteiger partial charge is 0.458 e. The predicted octanol–water partition coefficient (Wildman–Crippen LogP) is 1.85. The van der Waals surface area contributed by atoms with Gasteiger partial charge in [0.1, 0.15) is 13.2 Å². The predicted molar refractivity (Wildman–Crippen MR) is 97.4 cm³/mol. The molecule has 8 heteroatoms. The molecule has 2 heterocycles. The summed E-state index contributed by atoms with van der Waals surface area (Å²) in [6.45, 7) is 3.42. The van der Waals surface area contributed by atoms with Crippen molar-refractivity contribution in [2.45, 2.75) is 20.5 Å². The van der Waals surface area contributed by atoms with E-state index in [-0.39, 0.29) is 24.6 Å².